The van der Waals surface area contributed by atoms with Crippen LogP contribution < -0.4 is 14.8 Å². The summed E-state index contributed by atoms with van der Waals surface area (Å²) in [6.45, 7) is -2.26. The van der Waals surface area contributed by atoms with Crippen LogP contribution in [-0.2, 0) is 44.5 Å². The predicted molar refractivity (Wildman–Crippen MR) is 201 cm³/mol. The molecule has 0 unspecified atom stereocenters. The minimum Gasteiger partial charge on any atom is -0.504 e. The number of aliphatic hydroxyl groups is 5. The maximum atomic E-state index is 12.5. The molecule has 2 aromatic carbocycles. The SMILES string of the molecule is COc1cc(C=CC(=O)OC[C@@]2(O)CO[C@@H](O[C@H]3[C@H](Oc4cc5c(cc4O)[N+](=CC=C4C=C(C(=O)O)N[C@H](C(=O)O)C4)[C@H](C(=O)O)C5)O[C@H](CO)[C@@H](O)[C@@H]3O)[C@@H]2O)ccc1O. The number of carbonyl (C=O) groups is 4. The summed E-state index contributed by atoms with van der Waals surface area (Å²) in [7, 11) is 1.35. The van der Waals surface area contributed by atoms with Gasteiger partial charge in [0, 0.05) is 24.1 Å². The monoisotopic (exact) mass is 859 g/mol. The standard InChI is InChI=1S/C39H42N2O20/c1-56-26-10-17(2-4-24(26)43)3-5-29(45)57-15-39(55)16-58-38(33(39)48)61-32-31(47)30(46)28(14-42)60-37(32)59-27-12-19-11-23(36(53)54)41(22(19)13-25(27)44)7-6-18-8-20(34(49)50)40-21(9-18)35(51)52/h2-8,10,12-13,21,23,28,30-33,37-38,42,46-48,55H,9,11,14-16H2,1H3,(H5,43,44,45,49,50,51,52,53,54)/p+1/t21-,23-,28+,30+,31-,32+,33-,37+,38-,39+/m0/s1. The van der Waals surface area contributed by atoms with Crippen LogP contribution in [0.4, 0.5) is 5.69 Å². The van der Waals surface area contributed by atoms with E-state index in [0.717, 1.165) is 12.1 Å². The second kappa shape index (κ2) is 18.2. The van der Waals surface area contributed by atoms with Crippen LogP contribution >= 0.6 is 0 Å². The molecule has 6 rings (SSSR count). The number of fused-ring (bicyclic) bond motifs is 1. The van der Waals surface area contributed by atoms with Crippen LogP contribution in [0.15, 0.2) is 59.8 Å². The lowest BCUT2D eigenvalue weighted by atomic mass is 9.98. The van der Waals surface area contributed by atoms with Gasteiger partial charge >= 0.3 is 23.9 Å². The van der Waals surface area contributed by atoms with Crippen molar-refractivity contribution < 1.29 is 103 Å². The number of carboxylic acids is 3. The zero-order valence-electron chi connectivity index (χ0n) is 32.0. The lowest BCUT2D eigenvalue weighted by molar-refractivity contribution is -0.456. The number of hydrogen-bond acceptors (Lipinski definition) is 18. The third-order valence-electron chi connectivity index (χ3n) is 10.3. The smallest absolute Gasteiger partial charge is 0.373 e. The Kier molecular flexibility index (Phi) is 13.3. The minimum atomic E-state index is -2.24. The van der Waals surface area contributed by atoms with Crippen LogP contribution in [0.1, 0.15) is 17.5 Å². The van der Waals surface area contributed by atoms with Gasteiger partial charge in [0.1, 0.15) is 42.8 Å². The number of benzene rings is 2. The van der Waals surface area contributed by atoms with Gasteiger partial charge in [-0.15, -0.1) is 0 Å². The molecule has 0 radical (unpaired) electrons. The number of aliphatic hydroxyl groups excluding tert-OH is 4. The molecule has 0 aromatic heterocycles. The summed E-state index contributed by atoms with van der Waals surface area (Å²) in [6, 6.07) is 4.20. The van der Waals surface area contributed by atoms with E-state index in [1.807, 2.05) is 0 Å². The Bertz CT molecular complexity index is 2170. The number of allylic oxidation sites excluding steroid dienone is 2. The van der Waals surface area contributed by atoms with E-state index in [4.69, 9.17) is 28.4 Å². The summed E-state index contributed by atoms with van der Waals surface area (Å²) in [5.41, 5.74) is -1.41. The fourth-order valence-corrected chi connectivity index (χ4v) is 6.97. The van der Waals surface area contributed by atoms with Gasteiger partial charge in [-0.05, 0) is 41.5 Å². The first-order chi connectivity index (χ1) is 28.9. The van der Waals surface area contributed by atoms with E-state index in [-0.39, 0.29) is 47.0 Å². The second-order valence-corrected chi connectivity index (χ2v) is 14.4. The molecular formula is C39H43N2O20+. The number of carboxylic acid groups (broad SMARTS) is 3. The van der Waals surface area contributed by atoms with Crippen molar-refractivity contribution >= 4 is 41.9 Å². The molecule has 11 N–H and O–H groups in total. The lowest BCUT2D eigenvalue weighted by Crippen LogP contribution is -2.62. The highest BCUT2D eigenvalue weighted by Crippen LogP contribution is 2.41. The zero-order chi connectivity index (χ0) is 44.3. The van der Waals surface area contributed by atoms with E-state index in [1.165, 1.54) is 60.4 Å². The van der Waals surface area contributed by atoms with Crippen molar-refractivity contribution in [3.63, 3.8) is 0 Å². The molecule has 22 nitrogen and oxygen atoms in total. The van der Waals surface area contributed by atoms with Gasteiger partial charge in [0.05, 0.1) is 32.8 Å². The molecule has 2 aromatic rings. The van der Waals surface area contributed by atoms with Gasteiger partial charge in [0.2, 0.25) is 12.0 Å². The van der Waals surface area contributed by atoms with E-state index in [9.17, 15) is 70.2 Å². The van der Waals surface area contributed by atoms with Gasteiger partial charge in [-0.3, -0.25) is 0 Å². The summed E-state index contributed by atoms with van der Waals surface area (Å²) in [6.07, 6.45) is -6.43. The van der Waals surface area contributed by atoms with Gasteiger partial charge < -0.3 is 84.8 Å². The number of esters is 1. The van der Waals surface area contributed by atoms with Crippen molar-refractivity contribution in [3.8, 4) is 23.0 Å². The lowest BCUT2D eigenvalue weighted by Gasteiger charge is -2.42. The molecule has 4 aliphatic rings. The van der Waals surface area contributed by atoms with E-state index < -0.39 is 110 Å². The number of nitrogens with one attached hydrogen (secondary N) is 1. The average Bonchev–Trinajstić information content (AvgIpc) is 3.73. The van der Waals surface area contributed by atoms with Crippen molar-refractivity contribution in [3.05, 3.63) is 71.0 Å². The first-order valence-corrected chi connectivity index (χ1v) is 18.5. The summed E-state index contributed by atoms with van der Waals surface area (Å²) < 4.78 is 34.2. The third-order valence-corrected chi connectivity index (χ3v) is 10.3. The maximum absolute atomic E-state index is 12.5. The van der Waals surface area contributed by atoms with E-state index in [0.29, 0.717) is 11.1 Å². The molecule has 0 saturated carbocycles. The first-order valence-electron chi connectivity index (χ1n) is 18.5. The quantitative estimate of drug-likeness (QED) is 0.0560. The highest BCUT2D eigenvalue weighted by atomic mass is 16.8. The number of rotatable bonds is 14. The van der Waals surface area contributed by atoms with E-state index in [1.54, 1.807) is 0 Å². The van der Waals surface area contributed by atoms with Gasteiger partial charge in [0.25, 0.3) is 6.04 Å². The highest BCUT2D eigenvalue weighted by molar-refractivity contribution is 5.90. The molecule has 0 aliphatic carbocycles. The fourth-order valence-electron chi connectivity index (χ4n) is 6.97. The summed E-state index contributed by atoms with van der Waals surface area (Å²) in [5, 5.41) is 106. The number of aliphatic carboxylic acids is 3. The Balaban J connectivity index is 1.18. The number of phenolic OH excluding ortho intramolecular Hbond substituents is 2. The van der Waals surface area contributed by atoms with Crippen LogP contribution in [0.5, 0.6) is 23.0 Å². The van der Waals surface area contributed by atoms with Crippen molar-refractivity contribution in [2.45, 2.75) is 73.6 Å². The molecule has 4 aliphatic heterocycles. The summed E-state index contributed by atoms with van der Waals surface area (Å²) in [4.78, 5) is 48.0. The molecule has 10 atom stereocenters. The van der Waals surface area contributed by atoms with Crippen LogP contribution in [0.2, 0.25) is 0 Å². The Morgan fingerprint density at radius 1 is 0.967 bits per heavy atom. The molecule has 328 valence electrons. The Morgan fingerprint density at radius 3 is 2.39 bits per heavy atom. The molecule has 0 spiro atoms. The molecular weight excluding hydrogens is 816 g/mol. The van der Waals surface area contributed by atoms with Gasteiger partial charge in [0.15, 0.2) is 47.2 Å². The number of methoxy groups -OCH3 is 1. The zero-order valence-corrected chi connectivity index (χ0v) is 32.0. The summed E-state index contributed by atoms with van der Waals surface area (Å²) in [5.74, 6) is -5.82. The first kappa shape index (κ1) is 44.4. The number of ether oxygens (including phenoxy) is 6. The van der Waals surface area contributed by atoms with Crippen molar-refractivity contribution in [2.75, 3.05) is 26.9 Å². The highest BCUT2D eigenvalue weighted by Gasteiger charge is 2.54. The van der Waals surface area contributed by atoms with Crippen molar-refractivity contribution in [2.24, 2.45) is 0 Å². The molecule has 0 amide bonds. The van der Waals surface area contributed by atoms with Crippen LogP contribution in [-0.4, -0.2) is 173 Å². The summed E-state index contributed by atoms with van der Waals surface area (Å²) >= 11 is 0. The largest absolute Gasteiger partial charge is 0.504 e. The van der Waals surface area contributed by atoms with Crippen molar-refractivity contribution in [1.82, 2.24) is 5.32 Å². The number of hydrogen-bond donors (Lipinski definition) is 11. The van der Waals surface area contributed by atoms with E-state index >= 15 is 0 Å². The van der Waals surface area contributed by atoms with Gasteiger partial charge in [-0.1, -0.05) is 6.07 Å². The normalized spacial score (nSPS) is 31.0. The number of carbonyl (C=O) groups excluding carboxylic acids is 1. The van der Waals surface area contributed by atoms with Crippen molar-refractivity contribution in [1.29, 1.82) is 0 Å². The molecule has 61 heavy (non-hydrogen) atoms. The van der Waals surface area contributed by atoms with Crippen LogP contribution in [0, 0.1) is 0 Å². The van der Waals surface area contributed by atoms with Crippen LogP contribution in [0.25, 0.3) is 6.08 Å². The Labute approximate surface area is 344 Å². The van der Waals surface area contributed by atoms with Crippen LogP contribution in [0.3, 0.4) is 0 Å². The second-order valence-electron chi connectivity index (χ2n) is 14.4. The van der Waals surface area contributed by atoms with Gasteiger partial charge in [-0.25, -0.2) is 19.2 Å². The average molecular weight is 860 g/mol. The number of nitrogens with zero attached hydrogens (tertiary/aromatic N) is 1. The maximum Gasteiger partial charge on any atom is 0.373 e. The molecule has 4 heterocycles. The fraction of sp³-hybridized carbons (Fsp3) is 0.410. The third kappa shape index (κ3) is 9.61. The Hall–Kier alpha value is -6.11. The van der Waals surface area contributed by atoms with Gasteiger partial charge in [-0.2, -0.15) is 4.58 Å². The molecule has 0 bridgehead atoms. The number of phenols is 2. The topological polar surface area (TPSA) is 341 Å². The minimum absolute atomic E-state index is 0.119. The molecule has 2 fully saturated rings. The molecule has 22 heteroatoms. The predicted octanol–water partition coefficient (Wildman–Crippen LogP) is -1.92. The number of aromatic hydroxyl groups is 2. The van der Waals surface area contributed by atoms with E-state index in [2.05, 4.69) is 5.32 Å². The molecule has 2 saturated heterocycles. The Morgan fingerprint density at radius 2 is 1.72 bits per heavy atom.